The van der Waals surface area contributed by atoms with Gasteiger partial charge in [0.05, 0.1) is 0 Å². The summed E-state index contributed by atoms with van der Waals surface area (Å²) in [6.07, 6.45) is 8.42. The van der Waals surface area contributed by atoms with Gasteiger partial charge in [0.15, 0.2) is 0 Å². The Morgan fingerprint density at radius 3 is 2.85 bits per heavy atom. The maximum absolute atomic E-state index is 12.5. The van der Waals surface area contributed by atoms with Gasteiger partial charge in [-0.05, 0) is 43.5 Å². The maximum Gasteiger partial charge on any atom is 0.272 e. The number of nitrogens with zero attached hydrogens (tertiary/aromatic N) is 1. The van der Waals surface area contributed by atoms with E-state index in [1.807, 2.05) is 30.4 Å². The van der Waals surface area contributed by atoms with Gasteiger partial charge in [-0.2, -0.15) is 0 Å². The maximum atomic E-state index is 12.5. The van der Waals surface area contributed by atoms with E-state index in [2.05, 4.69) is 15.2 Å². The van der Waals surface area contributed by atoms with E-state index in [4.69, 9.17) is 11.6 Å². The van der Waals surface area contributed by atoms with Crippen molar-refractivity contribution in [1.29, 1.82) is 0 Å². The molecule has 0 spiro atoms. The molecule has 5 nitrogen and oxygen atoms in total. The molecule has 1 saturated heterocycles. The van der Waals surface area contributed by atoms with Crippen LogP contribution in [0.5, 0.6) is 0 Å². The van der Waals surface area contributed by atoms with E-state index >= 15 is 0 Å². The van der Waals surface area contributed by atoms with Crippen LogP contribution in [0.2, 0.25) is 5.02 Å². The summed E-state index contributed by atoms with van der Waals surface area (Å²) >= 11 is 5.99. The summed E-state index contributed by atoms with van der Waals surface area (Å²) in [5.74, 6) is -0.115. The molecule has 136 valence electrons. The van der Waals surface area contributed by atoms with Crippen molar-refractivity contribution >= 4 is 28.4 Å². The van der Waals surface area contributed by atoms with E-state index in [9.17, 15) is 9.90 Å². The lowest BCUT2D eigenvalue weighted by molar-refractivity contribution is -0.0113. The predicted molar refractivity (Wildman–Crippen MR) is 103 cm³/mol. The lowest BCUT2D eigenvalue weighted by Crippen LogP contribution is -2.38. The van der Waals surface area contributed by atoms with Gasteiger partial charge in [0.2, 0.25) is 0 Å². The summed E-state index contributed by atoms with van der Waals surface area (Å²) in [7, 11) is 0. The molecule has 2 aromatic rings. The van der Waals surface area contributed by atoms with Crippen molar-refractivity contribution in [2.45, 2.75) is 25.5 Å². The van der Waals surface area contributed by atoms with Crippen LogP contribution in [-0.4, -0.2) is 40.2 Å². The number of aromatic nitrogens is 1. The smallest absolute Gasteiger partial charge is 0.272 e. The first-order chi connectivity index (χ1) is 12.6. The molecule has 1 aliphatic carbocycles. The molecule has 26 heavy (non-hydrogen) atoms. The van der Waals surface area contributed by atoms with Crippen LogP contribution in [0.25, 0.3) is 10.9 Å². The van der Waals surface area contributed by atoms with E-state index in [0.29, 0.717) is 17.1 Å². The van der Waals surface area contributed by atoms with Crippen LogP contribution in [0.3, 0.4) is 0 Å². The highest BCUT2D eigenvalue weighted by molar-refractivity contribution is 6.31. The summed E-state index contributed by atoms with van der Waals surface area (Å²) < 4.78 is 0. The first-order valence-electron chi connectivity index (χ1n) is 9.00. The number of allylic oxidation sites excluding steroid dienone is 2. The SMILES string of the molecule is O=C(NC1=CCC(C(O)N2CCCC2)C=C1)c1cc2ccc(Cl)cc2[nH]1. The van der Waals surface area contributed by atoms with Crippen molar-refractivity contribution in [3.8, 4) is 0 Å². The van der Waals surface area contributed by atoms with Crippen molar-refractivity contribution in [2.24, 2.45) is 5.92 Å². The first-order valence-corrected chi connectivity index (χ1v) is 9.38. The van der Waals surface area contributed by atoms with Gasteiger partial charge in [0.25, 0.3) is 5.91 Å². The Labute approximate surface area is 157 Å². The van der Waals surface area contributed by atoms with Gasteiger partial charge in [-0.25, -0.2) is 0 Å². The molecule has 1 fully saturated rings. The quantitative estimate of drug-likeness (QED) is 0.771. The van der Waals surface area contributed by atoms with Crippen LogP contribution in [0, 0.1) is 5.92 Å². The highest BCUT2D eigenvalue weighted by atomic mass is 35.5. The number of aliphatic hydroxyl groups excluding tert-OH is 1. The van der Waals surface area contributed by atoms with E-state index in [0.717, 1.165) is 42.5 Å². The number of aromatic amines is 1. The molecule has 6 heteroatoms. The van der Waals surface area contributed by atoms with Crippen molar-refractivity contribution in [3.05, 3.63) is 58.9 Å². The van der Waals surface area contributed by atoms with Crippen molar-refractivity contribution in [1.82, 2.24) is 15.2 Å². The Kier molecular flexibility index (Phi) is 4.85. The molecule has 3 N–H and O–H groups in total. The van der Waals surface area contributed by atoms with Crippen LogP contribution in [-0.2, 0) is 0 Å². The number of H-pyrrole nitrogens is 1. The zero-order valence-electron chi connectivity index (χ0n) is 14.4. The van der Waals surface area contributed by atoms with Gasteiger partial charge in [0, 0.05) is 40.6 Å². The van der Waals surface area contributed by atoms with E-state index in [-0.39, 0.29) is 11.8 Å². The highest BCUT2D eigenvalue weighted by Gasteiger charge is 2.26. The fourth-order valence-electron chi connectivity index (χ4n) is 3.65. The Bertz CT molecular complexity index is 880. The molecule has 1 amide bonds. The van der Waals surface area contributed by atoms with Gasteiger partial charge < -0.3 is 15.4 Å². The minimum atomic E-state index is -0.444. The van der Waals surface area contributed by atoms with Gasteiger partial charge in [-0.3, -0.25) is 9.69 Å². The number of likely N-dealkylation sites (tertiary alicyclic amines) is 1. The number of benzene rings is 1. The fourth-order valence-corrected chi connectivity index (χ4v) is 3.82. The van der Waals surface area contributed by atoms with Gasteiger partial charge in [-0.1, -0.05) is 29.8 Å². The lowest BCUT2D eigenvalue weighted by atomic mass is 9.97. The molecule has 2 unspecified atom stereocenters. The third-order valence-corrected chi connectivity index (χ3v) is 5.35. The highest BCUT2D eigenvalue weighted by Crippen LogP contribution is 2.24. The molecule has 0 radical (unpaired) electrons. The molecule has 2 aliphatic rings. The fraction of sp³-hybridized carbons (Fsp3) is 0.350. The van der Waals surface area contributed by atoms with Crippen molar-refractivity contribution < 1.29 is 9.90 Å². The Morgan fingerprint density at radius 2 is 2.12 bits per heavy atom. The average molecular weight is 372 g/mol. The number of halogens is 1. The molecule has 1 aliphatic heterocycles. The third-order valence-electron chi connectivity index (χ3n) is 5.12. The molecule has 1 aromatic heterocycles. The van der Waals surface area contributed by atoms with Gasteiger partial charge >= 0.3 is 0 Å². The Balaban J connectivity index is 1.39. The van der Waals surface area contributed by atoms with E-state index in [1.54, 1.807) is 12.1 Å². The van der Waals surface area contributed by atoms with E-state index in [1.165, 1.54) is 0 Å². The second-order valence-electron chi connectivity index (χ2n) is 6.94. The summed E-state index contributed by atoms with van der Waals surface area (Å²) in [4.78, 5) is 17.7. The molecule has 2 atom stereocenters. The van der Waals surface area contributed by atoms with Crippen LogP contribution in [0.1, 0.15) is 29.8 Å². The minimum absolute atomic E-state index is 0.0731. The number of hydrogen-bond donors (Lipinski definition) is 3. The lowest BCUT2D eigenvalue weighted by Gasteiger charge is -2.29. The number of aliphatic hydroxyl groups is 1. The van der Waals surface area contributed by atoms with Gasteiger partial charge in [0.1, 0.15) is 11.9 Å². The molecule has 0 bridgehead atoms. The predicted octanol–water partition coefficient (Wildman–Crippen LogP) is 3.43. The van der Waals surface area contributed by atoms with Crippen LogP contribution in [0.4, 0.5) is 0 Å². The van der Waals surface area contributed by atoms with Crippen LogP contribution < -0.4 is 5.32 Å². The van der Waals surface area contributed by atoms with Crippen LogP contribution in [0.15, 0.2) is 48.2 Å². The zero-order valence-corrected chi connectivity index (χ0v) is 15.2. The number of amides is 1. The Morgan fingerprint density at radius 1 is 1.31 bits per heavy atom. The molecule has 2 heterocycles. The second kappa shape index (κ2) is 7.27. The second-order valence-corrected chi connectivity index (χ2v) is 7.38. The number of fused-ring (bicyclic) bond motifs is 1. The van der Waals surface area contributed by atoms with Crippen LogP contribution >= 0.6 is 11.6 Å². The minimum Gasteiger partial charge on any atom is -0.378 e. The monoisotopic (exact) mass is 371 g/mol. The van der Waals surface area contributed by atoms with Crippen molar-refractivity contribution in [3.63, 3.8) is 0 Å². The number of rotatable bonds is 4. The molecule has 4 rings (SSSR count). The van der Waals surface area contributed by atoms with E-state index < -0.39 is 6.23 Å². The Hall–Kier alpha value is -2.08. The summed E-state index contributed by atoms with van der Waals surface area (Å²) in [6, 6.07) is 7.30. The number of carbonyl (C=O) groups is 1. The average Bonchev–Trinajstić information content (AvgIpc) is 3.31. The third kappa shape index (κ3) is 3.56. The van der Waals surface area contributed by atoms with Crippen molar-refractivity contribution in [2.75, 3.05) is 13.1 Å². The number of nitrogens with one attached hydrogen (secondary N) is 2. The molecular formula is C20H22ClN3O2. The normalized spacial score (nSPS) is 21.8. The number of carbonyl (C=O) groups excluding carboxylic acids is 1. The summed E-state index contributed by atoms with van der Waals surface area (Å²) in [5, 5.41) is 15.0. The first kappa shape index (κ1) is 17.3. The standard InChI is InChI=1S/C20H22ClN3O2/c21-15-6-3-14-11-18(23-17(14)12-15)19(25)22-16-7-4-13(5-8-16)20(26)24-9-1-2-10-24/h3-4,6-8,11-13,20,23,26H,1-2,5,9-10H2,(H,22,25). The molecular weight excluding hydrogens is 350 g/mol. The molecule has 0 saturated carbocycles. The number of hydrogen-bond acceptors (Lipinski definition) is 3. The topological polar surface area (TPSA) is 68.4 Å². The van der Waals surface area contributed by atoms with Gasteiger partial charge in [-0.15, -0.1) is 0 Å². The zero-order chi connectivity index (χ0) is 18.1. The largest absolute Gasteiger partial charge is 0.378 e. The summed E-state index contributed by atoms with van der Waals surface area (Å²) in [6.45, 7) is 1.92. The summed E-state index contributed by atoms with van der Waals surface area (Å²) in [5.41, 5.74) is 2.09. The molecule has 1 aromatic carbocycles.